The molecule has 0 aromatic heterocycles. The lowest BCUT2D eigenvalue weighted by molar-refractivity contribution is -0.167. The van der Waals surface area contributed by atoms with Gasteiger partial charge in [-0.3, -0.25) is 14.4 Å². The average Bonchev–Trinajstić information content (AvgIpc) is 3.45. The summed E-state index contributed by atoms with van der Waals surface area (Å²) in [6.45, 7) is 6.56. The Balaban J connectivity index is 4.37. The molecular formula is C73H128O6. The zero-order valence-electron chi connectivity index (χ0n) is 52.4. The van der Waals surface area contributed by atoms with Crippen LogP contribution in [0.25, 0.3) is 0 Å². The molecule has 0 spiro atoms. The highest BCUT2D eigenvalue weighted by molar-refractivity contribution is 5.71. The van der Waals surface area contributed by atoms with Crippen LogP contribution in [0, 0.1) is 0 Å². The number of hydrogen-bond donors (Lipinski definition) is 0. The topological polar surface area (TPSA) is 78.9 Å². The van der Waals surface area contributed by atoms with Gasteiger partial charge in [-0.05, 0) is 96.3 Å². The van der Waals surface area contributed by atoms with Crippen LogP contribution in [0.5, 0.6) is 0 Å². The van der Waals surface area contributed by atoms with E-state index in [1.165, 1.54) is 193 Å². The van der Waals surface area contributed by atoms with Gasteiger partial charge in [-0.25, -0.2) is 0 Å². The summed E-state index contributed by atoms with van der Waals surface area (Å²) < 4.78 is 17.0. The summed E-state index contributed by atoms with van der Waals surface area (Å²) in [5, 5.41) is 0. The quantitative estimate of drug-likeness (QED) is 0.0261. The average molecular weight is 1100 g/mol. The SMILES string of the molecule is CC/C=C\C/C=C\C/C=C\C/C=C\C/C=C\C/C=C\CCCCCCCCC(=O)OCC(COC(=O)CCCCCCCCCCCCCCCCC)OC(=O)CCCCCCCCCCC/C=C\CCCCCCCCCC. The molecule has 0 fully saturated rings. The molecule has 0 amide bonds. The third-order valence-electron chi connectivity index (χ3n) is 14.9. The normalized spacial score (nSPS) is 12.6. The number of esters is 3. The molecule has 0 saturated carbocycles. The highest BCUT2D eigenvalue weighted by Crippen LogP contribution is 2.17. The van der Waals surface area contributed by atoms with Gasteiger partial charge in [0, 0.05) is 19.3 Å². The first-order valence-electron chi connectivity index (χ1n) is 34.1. The van der Waals surface area contributed by atoms with Gasteiger partial charge in [0.1, 0.15) is 13.2 Å². The Labute approximate surface area is 490 Å². The van der Waals surface area contributed by atoms with E-state index in [0.717, 1.165) is 109 Å². The van der Waals surface area contributed by atoms with Gasteiger partial charge in [-0.15, -0.1) is 0 Å². The summed E-state index contributed by atoms with van der Waals surface area (Å²) in [7, 11) is 0. The van der Waals surface area contributed by atoms with Crippen molar-refractivity contribution >= 4 is 17.9 Å². The minimum Gasteiger partial charge on any atom is -0.462 e. The van der Waals surface area contributed by atoms with E-state index in [2.05, 4.69) is 106 Å². The van der Waals surface area contributed by atoms with Gasteiger partial charge in [0.15, 0.2) is 6.10 Å². The van der Waals surface area contributed by atoms with E-state index in [1.54, 1.807) is 0 Å². The minimum atomic E-state index is -0.784. The van der Waals surface area contributed by atoms with E-state index < -0.39 is 6.10 Å². The molecule has 79 heavy (non-hydrogen) atoms. The van der Waals surface area contributed by atoms with E-state index in [9.17, 15) is 14.4 Å². The third-order valence-corrected chi connectivity index (χ3v) is 14.9. The molecule has 0 bridgehead atoms. The molecule has 0 aliphatic heterocycles. The Morgan fingerprint density at radius 3 is 0.785 bits per heavy atom. The second-order valence-corrected chi connectivity index (χ2v) is 22.7. The van der Waals surface area contributed by atoms with Crippen molar-refractivity contribution in [3.05, 3.63) is 85.1 Å². The zero-order valence-corrected chi connectivity index (χ0v) is 52.4. The molecule has 456 valence electrons. The largest absolute Gasteiger partial charge is 0.462 e. The number of unbranched alkanes of at least 4 members (excludes halogenated alkanes) is 37. The Bertz CT molecular complexity index is 1500. The van der Waals surface area contributed by atoms with Crippen molar-refractivity contribution in [3.8, 4) is 0 Å². The number of carbonyl (C=O) groups is 3. The number of hydrogen-bond acceptors (Lipinski definition) is 6. The van der Waals surface area contributed by atoms with Crippen molar-refractivity contribution in [2.45, 2.75) is 348 Å². The van der Waals surface area contributed by atoms with Crippen molar-refractivity contribution in [1.29, 1.82) is 0 Å². The first-order chi connectivity index (χ1) is 39.0. The Morgan fingerprint density at radius 1 is 0.266 bits per heavy atom. The molecule has 0 aromatic rings. The maximum atomic E-state index is 12.9. The van der Waals surface area contributed by atoms with Crippen molar-refractivity contribution in [2.24, 2.45) is 0 Å². The molecule has 1 unspecified atom stereocenters. The van der Waals surface area contributed by atoms with Crippen LogP contribution in [0.3, 0.4) is 0 Å². The first kappa shape index (κ1) is 75.6. The van der Waals surface area contributed by atoms with E-state index >= 15 is 0 Å². The van der Waals surface area contributed by atoms with E-state index in [4.69, 9.17) is 14.2 Å². The fourth-order valence-electron chi connectivity index (χ4n) is 9.80. The smallest absolute Gasteiger partial charge is 0.306 e. The van der Waals surface area contributed by atoms with Crippen LogP contribution in [0.1, 0.15) is 342 Å². The summed E-state index contributed by atoms with van der Waals surface area (Å²) in [5.74, 6) is -0.878. The molecule has 0 rings (SSSR count). The molecule has 1 atom stereocenters. The Hall–Kier alpha value is -3.41. The van der Waals surface area contributed by atoms with Gasteiger partial charge >= 0.3 is 17.9 Å². The number of carbonyl (C=O) groups excluding carboxylic acids is 3. The fourth-order valence-corrected chi connectivity index (χ4v) is 9.80. The lowest BCUT2D eigenvalue weighted by Gasteiger charge is -2.18. The van der Waals surface area contributed by atoms with E-state index in [0.29, 0.717) is 19.3 Å². The summed E-state index contributed by atoms with van der Waals surface area (Å²) in [6, 6.07) is 0. The molecule has 0 radical (unpaired) electrons. The minimum absolute atomic E-state index is 0.0786. The number of ether oxygens (including phenoxy) is 3. The summed E-state index contributed by atoms with van der Waals surface area (Å²) in [4.78, 5) is 38.4. The van der Waals surface area contributed by atoms with Crippen molar-refractivity contribution in [2.75, 3.05) is 13.2 Å². The lowest BCUT2D eigenvalue weighted by atomic mass is 10.0. The predicted molar refractivity (Wildman–Crippen MR) is 344 cm³/mol. The molecule has 6 nitrogen and oxygen atoms in total. The standard InChI is InChI=1S/C73H128O6/c1-4-7-10-13-16-19-22-25-28-30-32-34-35-36-37-39-40-42-45-48-51-54-57-60-63-66-72(75)78-69-70(68-77-71(74)65-62-59-56-53-50-47-44-27-24-21-18-15-12-9-6-3)79-73(76)67-64-61-58-55-52-49-46-43-41-38-33-31-29-26-23-20-17-14-11-8-5-2/h7,10,16,19,25,28,31-34,36-37,40,42,70H,4-6,8-9,11-15,17-18,20-24,26-27,29-30,35,38-39,41,43-69H2,1-3H3/b10-7-,19-16-,28-25-,33-31-,34-32-,37-36-,42-40-. The maximum absolute atomic E-state index is 12.9. The number of allylic oxidation sites excluding steroid dienone is 14. The van der Waals surface area contributed by atoms with Crippen molar-refractivity contribution in [3.63, 3.8) is 0 Å². The Morgan fingerprint density at radius 2 is 0.494 bits per heavy atom. The van der Waals surface area contributed by atoms with Crippen molar-refractivity contribution in [1.82, 2.24) is 0 Å². The Kier molecular flexibility index (Phi) is 64.2. The second-order valence-electron chi connectivity index (χ2n) is 22.7. The molecule has 0 aliphatic carbocycles. The van der Waals surface area contributed by atoms with Crippen LogP contribution >= 0.6 is 0 Å². The highest BCUT2D eigenvalue weighted by Gasteiger charge is 2.19. The van der Waals surface area contributed by atoms with Crippen LogP contribution in [-0.4, -0.2) is 37.2 Å². The summed E-state index contributed by atoms with van der Waals surface area (Å²) in [5.41, 5.74) is 0. The molecule has 0 aliphatic rings. The maximum Gasteiger partial charge on any atom is 0.306 e. The molecular weight excluding hydrogens is 973 g/mol. The van der Waals surface area contributed by atoms with Gasteiger partial charge in [-0.1, -0.05) is 311 Å². The van der Waals surface area contributed by atoms with Gasteiger partial charge < -0.3 is 14.2 Å². The third kappa shape index (κ3) is 65.3. The predicted octanol–water partition coefficient (Wildman–Crippen LogP) is 23.4. The molecule has 0 aromatic carbocycles. The van der Waals surface area contributed by atoms with Crippen LogP contribution < -0.4 is 0 Å². The fraction of sp³-hybridized carbons (Fsp3) is 0.767. The molecule has 0 heterocycles. The second kappa shape index (κ2) is 67.1. The van der Waals surface area contributed by atoms with Gasteiger partial charge in [-0.2, -0.15) is 0 Å². The van der Waals surface area contributed by atoms with E-state index in [1.807, 2.05) is 0 Å². The number of rotatable bonds is 62. The summed E-state index contributed by atoms with van der Waals surface area (Å²) in [6.07, 6.45) is 88.8. The molecule has 0 saturated heterocycles. The van der Waals surface area contributed by atoms with Crippen LogP contribution in [0.4, 0.5) is 0 Å². The summed E-state index contributed by atoms with van der Waals surface area (Å²) >= 11 is 0. The molecule has 0 N–H and O–H groups in total. The van der Waals surface area contributed by atoms with Gasteiger partial charge in [0.25, 0.3) is 0 Å². The van der Waals surface area contributed by atoms with E-state index in [-0.39, 0.29) is 31.1 Å². The zero-order chi connectivity index (χ0) is 57.1. The lowest BCUT2D eigenvalue weighted by Crippen LogP contribution is -2.30. The van der Waals surface area contributed by atoms with Gasteiger partial charge in [0.05, 0.1) is 0 Å². The van der Waals surface area contributed by atoms with Crippen LogP contribution in [0.2, 0.25) is 0 Å². The van der Waals surface area contributed by atoms with Crippen LogP contribution in [0.15, 0.2) is 85.1 Å². The van der Waals surface area contributed by atoms with Crippen molar-refractivity contribution < 1.29 is 28.6 Å². The first-order valence-corrected chi connectivity index (χ1v) is 34.1. The highest BCUT2D eigenvalue weighted by atomic mass is 16.6. The van der Waals surface area contributed by atoms with Crippen LogP contribution in [-0.2, 0) is 28.6 Å². The van der Waals surface area contributed by atoms with Gasteiger partial charge in [0.2, 0.25) is 0 Å². The molecule has 6 heteroatoms. The monoisotopic (exact) mass is 1100 g/mol.